The average molecular weight is 521 g/mol. The van der Waals surface area contributed by atoms with Crippen molar-refractivity contribution in [3.05, 3.63) is 126 Å². The Morgan fingerprint density at radius 1 is 0.769 bits per heavy atom. The van der Waals surface area contributed by atoms with Crippen molar-refractivity contribution in [1.29, 1.82) is 0 Å². The van der Waals surface area contributed by atoms with Crippen LogP contribution in [0.4, 0.5) is 0 Å². The van der Waals surface area contributed by atoms with E-state index in [4.69, 9.17) is 14.2 Å². The maximum Gasteiger partial charge on any atom is 0.343 e. The molecule has 4 rings (SSSR count). The molecule has 0 unspecified atom stereocenters. The molecular weight excluding hydrogens is 492 g/mol. The Hall–Kier alpha value is -4.97. The van der Waals surface area contributed by atoms with Gasteiger partial charge >= 0.3 is 17.9 Å². The lowest BCUT2D eigenvalue weighted by Gasteiger charge is -2.09. The van der Waals surface area contributed by atoms with Crippen molar-refractivity contribution < 1.29 is 28.6 Å². The monoisotopic (exact) mass is 520 g/mol. The van der Waals surface area contributed by atoms with Crippen molar-refractivity contribution >= 4 is 28.7 Å². The lowest BCUT2D eigenvalue weighted by Crippen LogP contribution is -2.09. The van der Waals surface area contributed by atoms with E-state index in [-0.39, 0.29) is 13.2 Å². The SMILES string of the molecule is C=CC(=O)OCc1ccc(-c2ccc3cc(OC(=O)c4ccc(CCOC(=O)C(=C)C)cc4)ccc3c2)cc1. The van der Waals surface area contributed by atoms with Crippen molar-refractivity contribution in [2.24, 2.45) is 0 Å². The fourth-order valence-corrected chi connectivity index (χ4v) is 3.83. The van der Waals surface area contributed by atoms with Gasteiger partial charge in [0.1, 0.15) is 12.4 Å². The molecule has 0 aliphatic rings. The van der Waals surface area contributed by atoms with Crippen molar-refractivity contribution in [1.82, 2.24) is 0 Å². The van der Waals surface area contributed by atoms with Gasteiger partial charge in [-0.2, -0.15) is 0 Å². The summed E-state index contributed by atoms with van der Waals surface area (Å²) in [5, 5.41) is 1.95. The second-order valence-electron chi connectivity index (χ2n) is 8.99. The minimum Gasteiger partial charge on any atom is -0.462 e. The molecule has 0 spiro atoms. The molecule has 6 heteroatoms. The van der Waals surface area contributed by atoms with Crippen LogP contribution in [-0.4, -0.2) is 24.5 Å². The van der Waals surface area contributed by atoms with Gasteiger partial charge in [-0.1, -0.05) is 67.8 Å². The van der Waals surface area contributed by atoms with Crippen LogP contribution < -0.4 is 4.74 Å². The van der Waals surface area contributed by atoms with Gasteiger partial charge in [0, 0.05) is 18.1 Å². The molecule has 0 saturated carbocycles. The van der Waals surface area contributed by atoms with Gasteiger partial charge in [-0.3, -0.25) is 0 Å². The van der Waals surface area contributed by atoms with Crippen LogP contribution in [0, 0.1) is 0 Å². The molecule has 0 aliphatic carbocycles. The summed E-state index contributed by atoms with van der Waals surface area (Å²) in [5.74, 6) is -0.868. The molecule has 0 heterocycles. The summed E-state index contributed by atoms with van der Waals surface area (Å²) in [6.07, 6.45) is 1.68. The van der Waals surface area contributed by atoms with Gasteiger partial charge in [0.05, 0.1) is 12.2 Å². The van der Waals surface area contributed by atoms with Crippen molar-refractivity contribution in [3.8, 4) is 16.9 Å². The molecule has 196 valence electrons. The van der Waals surface area contributed by atoms with Gasteiger partial charge in [0.15, 0.2) is 0 Å². The standard InChI is InChI=1S/C33H28O6/c1-4-31(34)38-21-24-7-9-25(10-8-24)27-13-14-29-20-30(16-15-28(29)19-27)39-33(36)26-11-5-23(6-12-26)17-18-37-32(35)22(2)3/h4-16,19-20H,1-2,17-18,21H2,3H3. The van der Waals surface area contributed by atoms with E-state index < -0.39 is 17.9 Å². The van der Waals surface area contributed by atoms with Gasteiger partial charge in [-0.15, -0.1) is 0 Å². The first-order valence-electron chi connectivity index (χ1n) is 12.4. The van der Waals surface area contributed by atoms with Crippen molar-refractivity contribution in [2.75, 3.05) is 6.61 Å². The number of ether oxygens (including phenoxy) is 3. The molecule has 6 nitrogen and oxygen atoms in total. The van der Waals surface area contributed by atoms with E-state index in [1.165, 1.54) is 0 Å². The Morgan fingerprint density at radius 3 is 2.10 bits per heavy atom. The van der Waals surface area contributed by atoms with Crippen LogP contribution in [0.2, 0.25) is 0 Å². The number of hydrogen-bond donors (Lipinski definition) is 0. The van der Waals surface area contributed by atoms with Gasteiger partial charge in [0.2, 0.25) is 0 Å². The Bertz CT molecular complexity index is 1530. The summed E-state index contributed by atoms with van der Waals surface area (Å²) in [6, 6.07) is 26.4. The zero-order chi connectivity index (χ0) is 27.8. The highest BCUT2D eigenvalue weighted by Gasteiger charge is 2.10. The van der Waals surface area contributed by atoms with Crippen molar-refractivity contribution in [2.45, 2.75) is 20.0 Å². The van der Waals surface area contributed by atoms with Crippen LogP contribution >= 0.6 is 0 Å². The fourth-order valence-electron chi connectivity index (χ4n) is 3.83. The number of esters is 3. The van der Waals surface area contributed by atoms with E-state index in [1.807, 2.05) is 60.7 Å². The second kappa shape index (κ2) is 12.5. The Kier molecular flexibility index (Phi) is 8.69. The Labute approximate surface area is 227 Å². The molecule has 0 N–H and O–H groups in total. The van der Waals surface area contributed by atoms with Crippen LogP contribution in [-0.2, 0) is 32.1 Å². The molecule has 0 aliphatic heterocycles. The zero-order valence-corrected chi connectivity index (χ0v) is 21.6. The topological polar surface area (TPSA) is 78.9 Å². The first-order valence-corrected chi connectivity index (χ1v) is 12.4. The third-order valence-corrected chi connectivity index (χ3v) is 6.02. The molecule has 0 radical (unpaired) electrons. The molecule has 0 atom stereocenters. The minimum absolute atomic E-state index is 0.196. The van der Waals surface area contributed by atoms with E-state index >= 15 is 0 Å². The number of benzene rings is 4. The maximum absolute atomic E-state index is 12.7. The van der Waals surface area contributed by atoms with Gasteiger partial charge < -0.3 is 14.2 Å². The van der Waals surface area contributed by atoms with Crippen LogP contribution in [0.15, 0.2) is 110 Å². The highest BCUT2D eigenvalue weighted by Crippen LogP contribution is 2.28. The molecule has 0 bridgehead atoms. The molecule has 0 fully saturated rings. The number of carbonyl (C=O) groups is 3. The van der Waals surface area contributed by atoms with Crippen LogP contribution in [0.3, 0.4) is 0 Å². The number of rotatable bonds is 10. The third kappa shape index (κ3) is 7.29. The second-order valence-corrected chi connectivity index (χ2v) is 8.99. The first kappa shape index (κ1) is 27.1. The summed E-state index contributed by atoms with van der Waals surface area (Å²) < 4.78 is 15.8. The predicted molar refractivity (Wildman–Crippen MR) is 150 cm³/mol. The van der Waals surface area contributed by atoms with Crippen LogP contribution in [0.5, 0.6) is 5.75 Å². The lowest BCUT2D eigenvalue weighted by molar-refractivity contribution is -0.139. The molecule has 0 amide bonds. The fraction of sp³-hybridized carbons (Fsp3) is 0.121. The summed E-state index contributed by atoms with van der Waals surface area (Å²) in [5.41, 5.74) is 4.68. The Balaban J connectivity index is 1.37. The summed E-state index contributed by atoms with van der Waals surface area (Å²) in [4.78, 5) is 35.4. The van der Waals surface area contributed by atoms with Gasteiger partial charge in [-0.25, -0.2) is 14.4 Å². The quantitative estimate of drug-likeness (QED) is 0.133. The summed E-state index contributed by atoms with van der Waals surface area (Å²) in [6.45, 7) is 8.99. The molecule has 39 heavy (non-hydrogen) atoms. The predicted octanol–water partition coefficient (Wildman–Crippen LogP) is 6.62. The van der Waals surface area contributed by atoms with E-state index in [1.54, 1.807) is 25.1 Å². The van der Waals surface area contributed by atoms with E-state index in [0.29, 0.717) is 23.3 Å². The van der Waals surface area contributed by atoms with E-state index in [0.717, 1.165) is 39.1 Å². The molecule has 0 saturated heterocycles. The summed E-state index contributed by atoms with van der Waals surface area (Å²) in [7, 11) is 0. The molecule has 0 aromatic heterocycles. The van der Waals surface area contributed by atoms with E-state index in [2.05, 4.69) is 19.2 Å². The number of carbonyl (C=O) groups excluding carboxylic acids is 3. The highest BCUT2D eigenvalue weighted by molar-refractivity contribution is 5.93. The zero-order valence-electron chi connectivity index (χ0n) is 21.6. The largest absolute Gasteiger partial charge is 0.462 e. The van der Waals surface area contributed by atoms with Gasteiger partial charge in [-0.05, 0) is 70.3 Å². The minimum atomic E-state index is -0.454. The van der Waals surface area contributed by atoms with Crippen molar-refractivity contribution in [3.63, 3.8) is 0 Å². The molecule has 4 aromatic carbocycles. The first-order chi connectivity index (χ1) is 18.8. The molecule has 4 aromatic rings. The maximum atomic E-state index is 12.7. The number of hydrogen-bond acceptors (Lipinski definition) is 6. The van der Waals surface area contributed by atoms with Gasteiger partial charge in [0.25, 0.3) is 0 Å². The third-order valence-electron chi connectivity index (χ3n) is 6.02. The number of fused-ring (bicyclic) bond motifs is 1. The smallest absolute Gasteiger partial charge is 0.343 e. The Morgan fingerprint density at radius 2 is 1.41 bits per heavy atom. The van der Waals surface area contributed by atoms with Crippen LogP contribution in [0.25, 0.3) is 21.9 Å². The summed E-state index contributed by atoms with van der Waals surface area (Å²) >= 11 is 0. The lowest BCUT2D eigenvalue weighted by atomic mass is 10.0. The molecular formula is C33H28O6. The highest BCUT2D eigenvalue weighted by atomic mass is 16.5. The normalized spacial score (nSPS) is 10.5. The van der Waals surface area contributed by atoms with E-state index in [9.17, 15) is 14.4 Å². The average Bonchev–Trinajstić information content (AvgIpc) is 2.96. The van der Waals surface area contributed by atoms with Crippen LogP contribution in [0.1, 0.15) is 28.4 Å².